The molecule has 1 aliphatic rings. The third-order valence-electron chi connectivity index (χ3n) is 4.56. The number of para-hydroxylation sites is 1. The zero-order valence-electron chi connectivity index (χ0n) is 15.5. The minimum Gasteiger partial charge on any atom is -0.493 e. The number of ether oxygens (including phenoxy) is 2. The van der Waals surface area contributed by atoms with E-state index in [9.17, 15) is 0 Å². The maximum Gasteiger partial charge on any atom is 0.191 e. The first kappa shape index (κ1) is 19.3. The summed E-state index contributed by atoms with van der Waals surface area (Å²) in [6.45, 7) is 2.20. The molecule has 1 atom stereocenters. The highest BCUT2D eigenvalue weighted by atomic mass is 35.5. The topological polar surface area (TPSA) is 49.2 Å². The molecule has 0 N–H and O–H groups in total. The molecule has 1 aromatic heterocycles. The SMILES string of the molecule is Clc1ccc(-c2nnc(SCCOc3ccccc3)n2CC2CCCO2)cc1. The van der Waals surface area contributed by atoms with Crippen LogP contribution in [-0.4, -0.2) is 39.8 Å². The van der Waals surface area contributed by atoms with E-state index < -0.39 is 0 Å². The molecule has 1 fully saturated rings. The fraction of sp³-hybridized carbons (Fsp3) is 0.333. The molecule has 5 nitrogen and oxygen atoms in total. The number of thioether (sulfide) groups is 1. The fourth-order valence-electron chi connectivity index (χ4n) is 3.17. The third-order valence-corrected chi connectivity index (χ3v) is 5.74. The van der Waals surface area contributed by atoms with E-state index in [4.69, 9.17) is 21.1 Å². The summed E-state index contributed by atoms with van der Waals surface area (Å²) in [5.74, 6) is 2.52. The van der Waals surface area contributed by atoms with Crippen LogP contribution in [0.5, 0.6) is 5.75 Å². The van der Waals surface area contributed by atoms with Gasteiger partial charge in [-0.1, -0.05) is 41.6 Å². The van der Waals surface area contributed by atoms with E-state index in [2.05, 4.69) is 14.8 Å². The number of rotatable bonds is 8. The lowest BCUT2D eigenvalue weighted by Gasteiger charge is -2.15. The van der Waals surface area contributed by atoms with Crippen LogP contribution < -0.4 is 4.74 Å². The Labute approximate surface area is 174 Å². The molecule has 1 saturated heterocycles. The van der Waals surface area contributed by atoms with Crippen LogP contribution in [0.1, 0.15) is 12.8 Å². The van der Waals surface area contributed by atoms with Gasteiger partial charge in [0.05, 0.1) is 19.3 Å². The van der Waals surface area contributed by atoms with E-state index in [0.717, 1.165) is 54.0 Å². The smallest absolute Gasteiger partial charge is 0.191 e. The molecule has 1 aliphatic heterocycles. The van der Waals surface area contributed by atoms with Crippen molar-refractivity contribution in [1.29, 1.82) is 0 Å². The second-order valence-electron chi connectivity index (χ2n) is 6.57. The van der Waals surface area contributed by atoms with E-state index in [1.165, 1.54) is 0 Å². The Morgan fingerprint density at radius 1 is 1.11 bits per heavy atom. The highest BCUT2D eigenvalue weighted by molar-refractivity contribution is 7.99. The molecular weight excluding hydrogens is 394 g/mol. The van der Waals surface area contributed by atoms with Crippen LogP contribution in [0.3, 0.4) is 0 Å². The Morgan fingerprint density at radius 2 is 1.93 bits per heavy atom. The molecule has 7 heteroatoms. The number of hydrogen-bond donors (Lipinski definition) is 0. The Morgan fingerprint density at radius 3 is 2.68 bits per heavy atom. The molecule has 0 bridgehead atoms. The van der Waals surface area contributed by atoms with Gasteiger partial charge in [0.1, 0.15) is 5.75 Å². The van der Waals surface area contributed by atoms with Crippen LogP contribution in [0.15, 0.2) is 59.8 Å². The van der Waals surface area contributed by atoms with Crippen molar-refractivity contribution in [3.63, 3.8) is 0 Å². The molecule has 0 aliphatic carbocycles. The van der Waals surface area contributed by atoms with Gasteiger partial charge in [-0.15, -0.1) is 10.2 Å². The molecule has 4 rings (SSSR count). The lowest BCUT2D eigenvalue weighted by molar-refractivity contribution is 0.0953. The van der Waals surface area contributed by atoms with Crippen LogP contribution in [0.2, 0.25) is 5.02 Å². The normalized spacial score (nSPS) is 16.4. The number of halogens is 1. The van der Waals surface area contributed by atoms with Crippen LogP contribution in [0, 0.1) is 0 Å². The van der Waals surface area contributed by atoms with Crippen molar-refractivity contribution in [2.24, 2.45) is 0 Å². The Bertz CT molecular complexity index is 880. The quantitative estimate of drug-likeness (QED) is 0.385. The Balaban J connectivity index is 1.46. The summed E-state index contributed by atoms with van der Waals surface area (Å²) in [5, 5.41) is 10.5. The molecule has 3 aromatic rings. The molecule has 0 amide bonds. The van der Waals surface area contributed by atoms with Crippen LogP contribution >= 0.6 is 23.4 Å². The summed E-state index contributed by atoms with van der Waals surface area (Å²) in [6.07, 6.45) is 2.39. The zero-order valence-corrected chi connectivity index (χ0v) is 17.0. The molecule has 146 valence electrons. The average Bonchev–Trinajstić information content (AvgIpc) is 3.38. The summed E-state index contributed by atoms with van der Waals surface area (Å²) in [5.41, 5.74) is 1.00. The lowest BCUT2D eigenvalue weighted by atomic mass is 10.2. The molecule has 0 radical (unpaired) electrons. The maximum atomic E-state index is 6.04. The van der Waals surface area contributed by atoms with Gasteiger partial charge in [0.25, 0.3) is 0 Å². The monoisotopic (exact) mass is 415 g/mol. The lowest BCUT2D eigenvalue weighted by Crippen LogP contribution is -2.17. The van der Waals surface area contributed by atoms with Gasteiger partial charge in [0.15, 0.2) is 11.0 Å². The Hall–Kier alpha value is -2.02. The van der Waals surface area contributed by atoms with Crippen molar-refractivity contribution in [2.75, 3.05) is 19.0 Å². The van der Waals surface area contributed by atoms with E-state index in [1.54, 1.807) is 11.8 Å². The molecule has 0 spiro atoms. The van der Waals surface area contributed by atoms with Crippen molar-refractivity contribution >= 4 is 23.4 Å². The van der Waals surface area contributed by atoms with Crippen molar-refractivity contribution in [3.05, 3.63) is 59.6 Å². The van der Waals surface area contributed by atoms with Gasteiger partial charge in [0, 0.05) is 22.9 Å². The summed E-state index contributed by atoms with van der Waals surface area (Å²) in [7, 11) is 0. The molecular formula is C21H22ClN3O2S. The maximum absolute atomic E-state index is 6.04. The third kappa shape index (κ3) is 4.87. The Kier molecular flexibility index (Phi) is 6.52. The van der Waals surface area contributed by atoms with Gasteiger partial charge in [-0.3, -0.25) is 4.57 Å². The van der Waals surface area contributed by atoms with Crippen molar-refractivity contribution in [1.82, 2.24) is 14.8 Å². The highest BCUT2D eigenvalue weighted by Gasteiger charge is 2.21. The van der Waals surface area contributed by atoms with Gasteiger partial charge in [0.2, 0.25) is 0 Å². The summed E-state index contributed by atoms with van der Waals surface area (Å²) in [6, 6.07) is 17.6. The minimum absolute atomic E-state index is 0.210. The van der Waals surface area contributed by atoms with Crippen LogP contribution in [0.4, 0.5) is 0 Å². The first-order chi connectivity index (χ1) is 13.8. The van der Waals surface area contributed by atoms with Crippen molar-refractivity contribution in [2.45, 2.75) is 30.6 Å². The van der Waals surface area contributed by atoms with Crippen LogP contribution in [-0.2, 0) is 11.3 Å². The standard InChI is InChI=1S/C21H22ClN3O2S/c22-17-10-8-16(9-11-17)20-23-24-21(25(20)15-19-7-4-12-26-19)28-14-13-27-18-5-2-1-3-6-18/h1-3,5-6,8-11,19H,4,7,12-15H2. The largest absolute Gasteiger partial charge is 0.493 e. The summed E-state index contributed by atoms with van der Waals surface area (Å²) in [4.78, 5) is 0. The molecule has 2 heterocycles. The first-order valence-electron chi connectivity index (χ1n) is 9.41. The number of nitrogens with zero attached hydrogens (tertiary/aromatic N) is 3. The number of benzene rings is 2. The van der Waals surface area contributed by atoms with E-state index in [1.807, 2.05) is 54.6 Å². The predicted molar refractivity (Wildman–Crippen MR) is 112 cm³/mol. The van der Waals surface area contributed by atoms with E-state index in [-0.39, 0.29) is 6.10 Å². The summed E-state index contributed by atoms with van der Waals surface area (Å²) >= 11 is 7.69. The first-order valence-corrected chi connectivity index (χ1v) is 10.8. The number of aromatic nitrogens is 3. The van der Waals surface area contributed by atoms with Gasteiger partial charge >= 0.3 is 0 Å². The minimum atomic E-state index is 0.210. The molecule has 0 saturated carbocycles. The van der Waals surface area contributed by atoms with Gasteiger partial charge < -0.3 is 9.47 Å². The molecule has 2 aromatic carbocycles. The van der Waals surface area contributed by atoms with E-state index in [0.29, 0.717) is 11.6 Å². The van der Waals surface area contributed by atoms with Crippen molar-refractivity contribution in [3.8, 4) is 17.1 Å². The van der Waals surface area contributed by atoms with Crippen LogP contribution in [0.25, 0.3) is 11.4 Å². The molecule has 1 unspecified atom stereocenters. The fourth-order valence-corrected chi connectivity index (χ4v) is 4.06. The summed E-state index contributed by atoms with van der Waals surface area (Å²) < 4.78 is 13.8. The zero-order chi connectivity index (χ0) is 19.2. The predicted octanol–water partition coefficient (Wildman–Crippen LogP) is 4.95. The van der Waals surface area contributed by atoms with Gasteiger partial charge in [-0.25, -0.2) is 0 Å². The second kappa shape index (κ2) is 9.45. The number of hydrogen-bond acceptors (Lipinski definition) is 5. The average molecular weight is 416 g/mol. The van der Waals surface area contributed by atoms with Crippen molar-refractivity contribution < 1.29 is 9.47 Å². The van der Waals surface area contributed by atoms with E-state index >= 15 is 0 Å². The highest BCUT2D eigenvalue weighted by Crippen LogP contribution is 2.27. The second-order valence-corrected chi connectivity index (χ2v) is 8.07. The van der Waals surface area contributed by atoms with Gasteiger partial charge in [-0.05, 0) is 49.2 Å². The molecule has 28 heavy (non-hydrogen) atoms. The van der Waals surface area contributed by atoms with Gasteiger partial charge in [-0.2, -0.15) is 0 Å².